The Bertz CT molecular complexity index is 684. The lowest BCUT2D eigenvalue weighted by Crippen LogP contribution is -2.32. The van der Waals surface area contributed by atoms with E-state index in [-0.39, 0.29) is 5.84 Å². The van der Waals surface area contributed by atoms with Gasteiger partial charge in [-0.15, -0.1) is 0 Å². The van der Waals surface area contributed by atoms with E-state index in [2.05, 4.69) is 18.3 Å². The van der Waals surface area contributed by atoms with Crippen LogP contribution in [0, 0.1) is 11.5 Å². The topological polar surface area (TPSA) is 71.4 Å². The lowest BCUT2D eigenvalue weighted by Gasteiger charge is -2.09. The minimum atomic E-state index is -0.701. The second-order valence-corrected chi connectivity index (χ2v) is 5.91. The highest BCUT2D eigenvalue weighted by Crippen LogP contribution is 2.18. The molecule has 0 bridgehead atoms. The lowest BCUT2D eigenvalue weighted by atomic mass is 10.2. The van der Waals surface area contributed by atoms with Gasteiger partial charge >= 0.3 is 6.09 Å². The number of carbonyl (C=O) groups excluding carboxylic acids is 1. The zero-order valence-electron chi connectivity index (χ0n) is 15.1. The van der Waals surface area contributed by atoms with Crippen molar-refractivity contribution in [1.82, 2.24) is 5.32 Å². The van der Waals surface area contributed by atoms with Gasteiger partial charge in [-0.25, -0.2) is 4.79 Å². The normalized spacial score (nSPS) is 10.2. The summed E-state index contributed by atoms with van der Waals surface area (Å²) < 4.78 is 10.9. The molecule has 5 heteroatoms. The van der Waals surface area contributed by atoms with Crippen LogP contribution < -0.4 is 14.8 Å². The number of hydrogen-bond donors (Lipinski definition) is 2. The number of nitrogens with one attached hydrogen (secondary N) is 2. The fraction of sp³-hybridized carbons (Fsp3) is 0.333. The predicted molar refractivity (Wildman–Crippen MR) is 102 cm³/mol. The molecule has 0 unspecified atom stereocenters. The third-order valence-corrected chi connectivity index (χ3v) is 3.78. The maximum absolute atomic E-state index is 11.9. The molecule has 137 valence electrons. The standard InChI is InChI=1S/C21H25N2O3/c1-2-3-4-5-9-16-25-18-12-14-19(15-13-18)26-21(24)23-20(22)17-10-7-6-8-11-17/h7-8,10-15H,2-5,9,16H2,1H3,(H2,22,23,24). The van der Waals surface area contributed by atoms with Crippen molar-refractivity contribution < 1.29 is 14.3 Å². The number of carbonyl (C=O) groups is 1. The van der Waals surface area contributed by atoms with E-state index in [9.17, 15) is 4.79 Å². The Labute approximate surface area is 154 Å². The van der Waals surface area contributed by atoms with Crippen LogP contribution in [0.1, 0.15) is 44.6 Å². The number of rotatable bonds is 9. The van der Waals surface area contributed by atoms with Crippen LogP contribution in [0.2, 0.25) is 0 Å². The predicted octanol–water partition coefficient (Wildman–Crippen LogP) is 4.95. The van der Waals surface area contributed by atoms with E-state index >= 15 is 0 Å². The molecule has 0 aliphatic carbocycles. The van der Waals surface area contributed by atoms with Crippen molar-refractivity contribution in [3.63, 3.8) is 0 Å². The summed E-state index contributed by atoms with van der Waals surface area (Å²) in [7, 11) is 0. The molecule has 2 aromatic carbocycles. The SMILES string of the molecule is CCCCCCCOc1ccc(OC(=O)NC(=N)c2cc[c]cc2)cc1. The van der Waals surface area contributed by atoms with Gasteiger partial charge in [-0.3, -0.25) is 10.7 Å². The van der Waals surface area contributed by atoms with Gasteiger partial charge in [-0.05, 0) is 36.8 Å². The van der Waals surface area contributed by atoms with Gasteiger partial charge in [0.15, 0.2) is 0 Å². The Hall–Kier alpha value is -2.82. The summed E-state index contributed by atoms with van der Waals surface area (Å²) in [4.78, 5) is 11.9. The average molecular weight is 353 g/mol. The molecule has 0 saturated carbocycles. The van der Waals surface area contributed by atoms with E-state index in [0.29, 0.717) is 17.9 Å². The Morgan fingerprint density at radius 3 is 2.35 bits per heavy atom. The smallest absolute Gasteiger partial charge is 0.418 e. The largest absolute Gasteiger partial charge is 0.494 e. The molecular weight excluding hydrogens is 328 g/mol. The number of amides is 1. The van der Waals surface area contributed by atoms with Crippen LogP contribution in [0.5, 0.6) is 11.5 Å². The first-order valence-corrected chi connectivity index (χ1v) is 8.96. The molecular formula is C21H25N2O3. The van der Waals surface area contributed by atoms with Crippen molar-refractivity contribution in [2.24, 2.45) is 0 Å². The average Bonchev–Trinajstić information content (AvgIpc) is 2.66. The molecule has 1 radical (unpaired) electrons. The molecule has 0 spiro atoms. The molecule has 0 fully saturated rings. The summed E-state index contributed by atoms with van der Waals surface area (Å²) in [5, 5.41) is 10.2. The second-order valence-electron chi connectivity index (χ2n) is 5.91. The van der Waals surface area contributed by atoms with Gasteiger partial charge in [0, 0.05) is 5.56 Å². The number of ether oxygens (including phenoxy) is 2. The molecule has 0 aliphatic heterocycles. The second kappa shape index (κ2) is 10.9. The van der Waals surface area contributed by atoms with E-state index in [1.807, 2.05) is 0 Å². The van der Waals surface area contributed by atoms with Gasteiger partial charge in [0.05, 0.1) is 6.61 Å². The maximum Gasteiger partial charge on any atom is 0.418 e. The van der Waals surface area contributed by atoms with Crippen molar-refractivity contribution >= 4 is 11.9 Å². The Morgan fingerprint density at radius 2 is 1.65 bits per heavy atom. The third kappa shape index (κ3) is 6.97. The zero-order valence-corrected chi connectivity index (χ0v) is 15.1. The molecule has 0 atom stereocenters. The summed E-state index contributed by atoms with van der Waals surface area (Å²) in [5.41, 5.74) is 0.586. The minimum absolute atomic E-state index is 0.0213. The Balaban J connectivity index is 1.72. The number of amidine groups is 1. The van der Waals surface area contributed by atoms with Crippen molar-refractivity contribution in [1.29, 1.82) is 5.41 Å². The summed E-state index contributed by atoms with van der Waals surface area (Å²) in [5.74, 6) is 1.13. The molecule has 1 amide bonds. The molecule has 0 aliphatic rings. The van der Waals surface area contributed by atoms with Crippen molar-refractivity contribution in [2.75, 3.05) is 6.61 Å². The first-order valence-electron chi connectivity index (χ1n) is 8.96. The summed E-state index contributed by atoms with van der Waals surface area (Å²) in [6, 6.07) is 16.5. The maximum atomic E-state index is 11.9. The Morgan fingerprint density at radius 1 is 1.00 bits per heavy atom. The molecule has 2 rings (SSSR count). The fourth-order valence-electron chi connectivity index (χ4n) is 2.36. The third-order valence-electron chi connectivity index (χ3n) is 3.78. The van der Waals surface area contributed by atoms with Crippen molar-refractivity contribution in [3.05, 3.63) is 60.2 Å². The van der Waals surface area contributed by atoms with E-state index in [4.69, 9.17) is 14.9 Å². The van der Waals surface area contributed by atoms with Crippen LogP contribution in [0.4, 0.5) is 4.79 Å². The van der Waals surface area contributed by atoms with E-state index in [1.165, 1.54) is 25.7 Å². The Kier molecular flexibility index (Phi) is 8.19. The lowest BCUT2D eigenvalue weighted by molar-refractivity contribution is 0.206. The molecule has 2 aromatic rings. The minimum Gasteiger partial charge on any atom is -0.494 e. The zero-order chi connectivity index (χ0) is 18.6. The number of benzene rings is 2. The highest BCUT2D eigenvalue weighted by molar-refractivity contribution is 6.04. The van der Waals surface area contributed by atoms with Crippen molar-refractivity contribution in [3.8, 4) is 11.5 Å². The van der Waals surface area contributed by atoms with Gasteiger partial charge in [0.1, 0.15) is 17.3 Å². The highest BCUT2D eigenvalue weighted by atomic mass is 16.6. The fourth-order valence-corrected chi connectivity index (χ4v) is 2.36. The monoisotopic (exact) mass is 353 g/mol. The first-order chi connectivity index (χ1) is 12.7. The summed E-state index contributed by atoms with van der Waals surface area (Å²) in [6.07, 6.45) is 5.28. The van der Waals surface area contributed by atoms with Crippen LogP contribution >= 0.6 is 0 Å². The summed E-state index contributed by atoms with van der Waals surface area (Å²) >= 11 is 0. The van der Waals surface area contributed by atoms with Crippen molar-refractivity contribution in [2.45, 2.75) is 39.0 Å². The number of unbranched alkanes of at least 4 members (excludes halogenated alkanes) is 4. The molecule has 0 aromatic heterocycles. The van der Waals surface area contributed by atoms with Gasteiger partial charge < -0.3 is 9.47 Å². The van der Waals surface area contributed by atoms with Gasteiger partial charge in [0.2, 0.25) is 0 Å². The van der Waals surface area contributed by atoms with Crippen LogP contribution in [0.25, 0.3) is 0 Å². The van der Waals surface area contributed by atoms with Gasteiger partial charge in [-0.2, -0.15) is 0 Å². The van der Waals surface area contributed by atoms with E-state index in [0.717, 1.165) is 12.2 Å². The van der Waals surface area contributed by atoms with Gasteiger partial charge in [0.25, 0.3) is 0 Å². The molecule has 26 heavy (non-hydrogen) atoms. The van der Waals surface area contributed by atoms with E-state index < -0.39 is 6.09 Å². The first kappa shape index (κ1) is 19.5. The van der Waals surface area contributed by atoms with Gasteiger partial charge in [-0.1, -0.05) is 56.9 Å². The quantitative estimate of drug-likeness (QED) is 0.381. The molecule has 5 nitrogen and oxygen atoms in total. The van der Waals surface area contributed by atoms with Crippen LogP contribution in [0.3, 0.4) is 0 Å². The summed E-state index contributed by atoms with van der Waals surface area (Å²) in [6.45, 7) is 2.89. The highest BCUT2D eigenvalue weighted by Gasteiger charge is 2.09. The molecule has 0 heterocycles. The van der Waals surface area contributed by atoms with E-state index in [1.54, 1.807) is 48.5 Å². The number of hydrogen-bond acceptors (Lipinski definition) is 4. The van der Waals surface area contributed by atoms with Crippen LogP contribution in [-0.2, 0) is 0 Å². The molecule has 0 saturated heterocycles. The molecule has 2 N–H and O–H groups in total. The van der Waals surface area contributed by atoms with Crippen LogP contribution in [-0.4, -0.2) is 18.5 Å². The van der Waals surface area contributed by atoms with Crippen LogP contribution in [0.15, 0.2) is 48.5 Å².